The van der Waals surface area contributed by atoms with E-state index in [9.17, 15) is 21.6 Å². The average molecular weight is 468 g/mol. The number of hydrogen-bond acceptors (Lipinski definition) is 5. The molecule has 0 fully saturated rings. The number of nitrogens with one attached hydrogen (secondary N) is 1. The monoisotopic (exact) mass is 467 g/mol. The third kappa shape index (κ3) is 5.15. The number of hydrogen-bond donors (Lipinski definition) is 1. The van der Waals surface area contributed by atoms with Gasteiger partial charge in [-0.2, -0.15) is 4.31 Å². The Morgan fingerprint density at radius 2 is 1.55 bits per heavy atom. The molecule has 2 aromatic rings. The van der Waals surface area contributed by atoms with Crippen molar-refractivity contribution in [1.29, 1.82) is 0 Å². The molecule has 8 nitrogen and oxygen atoms in total. The van der Waals surface area contributed by atoms with Gasteiger partial charge >= 0.3 is 0 Å². The van der Waals surface area contributed by atoms with Crippen molar-refractivity contribution in [2.24, 2.45) is 0 Å². The fraction of sp³-hybridized carbons (Fsp3) is 0.381. The summed E-state index contributed by atoms with van der Waals surface area (Å²) in [5.74, 6) is -0.532. The second-order valence-electron chi connectivity index (χ2n) is 7.27. The van der Waals surface area contributed by atoms with Gasteiger partial charge in [-0.3, -0.25) is 4.79 Å². The highest BCUT2D eigenvalue weighted by Crippen LogP contribution is 2.25. The highest BCUT2D eigenvalue weighted by atomic mass is 32.2. The summed E-state index contributed by atoms with van der Waals surface area (Å²) >= 11 is 0. The van der Waals surface area contributed by atoms with Gasteiger partial charge in [-0.15, -0.1) is 0 Å². The van der Waals surface area contributed by atoms with E-state index < -0.39 is 26.0 Å². The lowest BCUT2D eigenvalue weighted by molar-refractivity contribution is 0.102. The van der Waals surface area contributed by atoms with E-state index in [1.54, 1.807) is 45.9 Å². The fourth-order valence-electron chi connectivity index (χ4n) is 3.07. The molecule has 0 aromatic heterocycles. The van der Waals surface area contributed by atoms with Gasteiger partial charge in [0, 0.05) is 38.4 Å². The number of amides is 1. The first-order valence-corrected chi connectivity index (χ1v) is 12.7. The van der Waals surface area contributed by atoms with Crippen LogP contribution in [0, 0.1) is 13.8 Å². The van der Waals surface area contributed by atoms with Gasteiger partial charge in [-0.25, -0.2) is 21.1 Å². The molecule has 0 radical (unpaired) electrons. The molecule has 10 heteroatoms. The molecule has 0 aliphatic rings. The van der Waals surface area contributed by atoms with Gasteiger partial charge in [-0.1, -0.05) is 19.9 Å². The summed E-state index contributed by atoms with van der Waals surface area (Å²) in [5.41, 5.74) is 1.69. The Balaban J connectivity index is 2.43. The highest BCUT2D eigenvalue weighted by molar-refractivity contribution is 7.89. The zero-order chi connectivity index (χ0) is 23.6. The number of rotatable bonds is 8. The van der Waals surface area contributed by atoms with Gasteiger partial charge in [0.25, 0.3) is 5.91 Å². The molecule has 0 atom stereocenters. The van der Waals surface area contributed by atoms with Crippen LogP contribution in [0.25, 0.3) is 0 Å². The summed E-state index contributed by atoms with van der Waals surface area (Å²) in [5, 5.41) is 2.67. The molecule has 0 unspecified atom stereocenters. The maximum Gasteiger partial charge on any atom is 0.255 e. The van der Waals surface area contributed by atoms with E-state index in [1.165, 1.54) is 36.6 Å². The molecule has 170 valence electrons. The van der Waals surface area contributed by atoms with Crippen LogP contribution in [-0.4, -0.2) is 58.5 Å². The zero-order valence-electron chi connectivity index (χ0n) is 18.6. The van der Waals surface area contributed by atoms with E-state index in [1.807, 2.05) is 0 Å². The summed E-state index contributed by atoms with van der Waals surface area (Å²) in [7, 11) is -4.55. The lowest BCUT2D eigenvalue weighted by Gasteiger charge is -2.19. The Morgan fingerprint density at radius 1 is 0.935 bits per heavy atom. The van der Waals surface area contributed by atoms with E-state index in [-0.39, 0.29) is 15.4 Å². The van der Waals surface area contributed by atoms with Crippen molar-refractivity contribution in [3.63, 3.8) is 0 Å². The third-order valence-electron chi connectivity index (χ3n) is 5.08. The number of sulfonamides is 2. The molecule has 0 spiro atoms. The molecule has 1 amide bonds. The van der Waals surface area contributed by atoms with Gasteiger partial charge < -0.3 is 5.32 Å². The SMILES string of the molecule is CCN(CC)S(=O)(=O)c1cccc(NC(=O)c2cc(C)c(C)c(S(=O)(=O)N(C)C)c2)c1. The summed E-state index contributed by atoms with van der Waals surface area (Å²) in [6.07, 6.45) is 0. The second-order valence-corrected chi connectivity index (χ2v) is 11.3. The van der Waals surface area contributed by atoms with E-state index >= 15 is 0 Å². The Labute approximate surface area is 185 Å². The molecular weight excluding hydrogens is 438 g/mol. The molecule has 1 N–H and O–H groups in total. The van der Waals surface area contributed by atoms with Crippen LogP contribution in [0.15, 0.2) is 46.2 Å². The first kappa shape index (κ1) is 25.0. The van der Waals surface area contributed by atoms with Gasteiger partial charge in [0.1, 0.15) is 0 Å². The number of aryl methyl sites for hydroxylation is 1. The molecule has 0 aliphatic heterocycles. The van der Waals surface area contributed by atoms with Gasteiger partial charge in [-0.05, 0) is 55.3 Å². The van der Waals surface area contributed by atoms with Crippen LogP contribution in [0.3, 0.4) is 0 Å². The molecular formula is C21H29N3O5S2. The Hall–Kier alpha value is -2.27. The van der Waals surface area contributed by atoms with E-state index in [0.29, 0.717) is 29.9 Å². The van der Waals surface area contributed by atoms with Crippen LogP contribution in [0.4, 0.5) is 5.69 Å². The summed E-state index contributed by atoms with van der Waals surface area (Å²) in [6.45, 7) is 7.60. The highest BCUT2D eigenvalue weighted by Gasteiger charge is 2.24. The predicted molar refractivity (Wildman–Crippen MR) is 121 cm³/mol. The summed E-state index contributed by atoms with van der Waals surface area (Å²) in [4.78, 5) is 13.0. The molecule has 0 aliphatic carbocycles. The Bertz CT molecular complexity index is 1190. The van der Waals surface area contributed by atoms with Crippen LogP contribution < -0.4 is 5.32 Å². The number of carbonyl (C=O) groups excluding carboxylic acids is 1. The number of nitrogens with zero attached hydrogens (tertiary/aromatic N) is 2. The lowest BCUT2D eigenvalue weighted by Crippen LogP contribution is -2.30. The molecule has 2 rings (SSSR count). The second kappa shape index (κ2) is 9.47. The van der Waals surface area contributed by atoms with Crippen LogP contribution >= 0.6 is 0 Å². The first-order chi connectivity index (χ1) is 14.4. The molecule has 0 bridgehead atoms. The fourth-order valence-corrected chi connectivity index (χ4v) is 5.79. The van der Waals surface area contributed by atoms with Gasteiger partial charge in [0.15, 0.2) is 0 Å². The van der Waals surface area contributed by atoms with Crippen molar-refractivity contribution in [2.75, 3.05) is 32.5 Å². The number of anilines is 1. The summed E-state index contributed by atoms with van der Waals surface area (Å²) < 4.78 is 53.2. The Kier molecular flexibility index (Phi) is 7.64. The van der Waals surface area contributed by atoms with E-state index in [0.717, 1.165) is 4.31 Å². The van der Waals surface area contributed by atoms with Crippen LogP contribution in [0.1, 0.15) is 35.3 Å². The first-order valence-electron chi connectivity index (χ1n) is 9.81. The van der Waals surface area contributed by atoms with Crippen molar-refractivity contribution in [3.8, 4) is 0 Å². The molecule has 2 aromatic carbocycles. The van der Waals surface area contributed by atoms with Crippen molar-refractivity contribution in [1.82, 2.24) is 8.61 Å². The average Bonchev–Trinajstić information content (AvgIpc) is 2.70. The van der Waals surface area contributed by atoms with E-state index in [4.69, 9.17) is 0 Å². The molecule has 31 heavy (non-hydrogen) atoms. The van der Waals surface area contributed by atoms with Crippen LogP contribution in [0.2, 0.25) is 0 Å². The normalized spacial score (nSPS) is 12.4. The molecule has 0 heterocycles. The quantitative estimate of drug-likeness (QED) is 0.643. The smallest absolute Gasteiger partial charge is 0.255 e. The van der Waals surface area contributed by atoms with Crippen molar-refractivity contribution in [3.05, 3.63) is 53.1 Å². The van der Waals surface area contributed by atoms with Crippen LogP contribution in [0.5, 0.6) is 0 Å². The van der Waals surface area contributed by atoms with Crippen molar-refractivity contribution < 1.29 is 21.6 Å². The molecule has 0 saturated carbocycles. The van der Waals surface area contributed by atoms with E-state index in [2.05, 4.69) is 5.32 Å². The predicted octanol–water partition coefficient (Wildman–Crippen LogP) is 2.84. The van der Waals surface area contributed by atoms with Gasteiger partial charge in [0.05, 0.1) is 9.79 Å². The minimum Gasteiger partial charge on any atom is -0.322 e. The maximum atomic E-state index is 12.9. The topological polar surface area (TPSA) is 104 Å². The maximum absolute atomic E-state index is 12.9. The minimum atomic E-state index is -3.73. The molecule has 0 saturated heterocycles. The Morgan fingerprint density at radius 3 is 2.10 bits per heavy atom. The summed E-state index contributed by atoms with van der Waals surface area (Å²) in [6, 6.07) is 8.94. The number of carbonyl (C=O) groups is 1. The van der Waals surface area contributed by atoms with Crippen molar-refractivity contribution >= 4 is 31.6 Å². The van der Waals surface area contributed by atoms with Gasteiger partial charge in [0.2, 0.25) is 20.0 Å². The standard InChI is InChI=1S/C21H29N3O5S2/c1-7-24(8-2)30(26,27)19-11-9-10-18(14-19)22-21(25)17-12-15(3)16(4)20(13-17)31(28,29)23(5)6/h9-14H,7-8H2,1-6H3,(H,22,25). The van der Waals surface area contributed by atoms with Crippen molar-refractivity contribution in [2.45, 2.75) is 37.5 Å². The zero-order valence-corrected chi connectivity index (χ0v) is 20.3. The minimum absolute atomic E-state index is 0.0560. The third-order valence-corrected chi connectivity index (χ3v) is 9.06. The lowest BCUT2D eigenvalue weighted by atomic mass is 10.1. The largest absolute Gasteiger partial charge is 0.322 e. The number of benzene rings is 2. The van der Waals surface area contributed by atoms with Crippen LogP contribution in [-0.2, 0) is 20.0 Å².